The summed E-state index contributed by atoms with van der Waals surface area (Å²) in [7, 11) is 0. The van der Waals surface area contributed by atoms with Gasteiger partial charge in [0.1, 0.15) is 17.0 Å². The molecular formula is C29H27ClN4O5S. The number of alkyl halides is 1. The third kappa shape index (κ3) is 5.59. The van der Waals surface area contributed by atoms with E-state index in [4.69, 9.17) is 16.3 Å². The van der Waals surface area contributed by atoms with Gasteiger partial charge < -0.3 is 14.7 Å². The van der Waals surface area contributed by atoms with Crippen molar-refractivity contribution in [3.05, 3.63) is 76.8 Å². The Morgan fingerprint density at radius 2 is 1.80 bits per heavy atom. The van der Waals surface area contributed by atoms with Crippen molar-refractivity contribution in [2.45, 2.75) is 32.3 Å². The lowest BCUT2D eigenvalue weighted by Crippen LogP contribution is -2.30. The summed E-state index contributed by atoms with van der Waals surface area (Å²) in [5.41, 5.74) is 1.89. The van der Waals surface area contributed by atoms with Crippen LogP contribution in [-0.4, -0.2) is 46.0 Å². The largest absolute Gasteiger partial charge is 0.507 e. The normalized spacial score (nSPS) is 14.6. The van der Waals surface area contributed by atoms with E-state index in [0.717, 1.165) is 22.3 Å². The van der Waals surface area contributed by atoms with Crippen molar-refractivity contribution in [2.24, 2.45) is 0 Å². The SMILES string of the molecule is CC(C)(C)OC(=O)Nc1ccc(C(=O)Nc2nc(C(=O)N3C[C@@H](CCl)c4c3cc(O)c3ccccc43)cs2)cc1. The lowest BCUT2D eigenvalue weighted by atomic mass is 9.95. The van der Waals surface area contributed by atoms with Crippen LogP contribution in [0.25, 0.3) is 10.8 Å². The number of carbonyl (C=O) groups excluding carboxylic acids is 3. The Labute approximate surface area is 239 Å². The van der Waals surface area contributed by atoms with Gasteiger partial charge in [-0.25, -0.2) is 9.78 Å². The Hall–Kier alpha value is -4.15. The van der Waals surface area contributed by atoms with Crippen molar-refractivity contribution in [3.63, 3.8) is 0 Å². The van der Waals surface area contributed by atoms with E-state index in [1.807, 2.05) is 24.3 Å². The first kappa shape index (κ1) is 27.4. The minimum Gasteiger partial charge on any atom is -0.507 e. The Morgan fingerprint density at radius 3 is 2.48 bits per heavy atom. The molecule has 0 saturated carbocycles. The Balaban J connectivity index is 1.29. The number of anilines is 3. The summed E-state index contributed by atoms with van der Waals surface area (Å²) in [6.07, 6.45) is -0.592. The summed E-state index contributed by atoms with van der Waals surface area (Å²) in [6, 6.07) is 15.4. The fourth-order valence-corrected chi connectivity index (χ4v) is 5.54. The lowest BCUT2D eigenvalue weighted by molar-refractivity contribution is 0.0635. The summed E-state index contributed by atoms with van der Waals surface area (Å²) < 4.78 is 5.23. The zero-order chi connectivity index (χ0) is 28.6. The van der Waals surface area contributed by atoms with Gasteiger partial charge in [-0.3, -0.25) is 20.2 Å². The number of benzene rings is 3. The molecule has 0 radical (unpaired) electrons. The van der Waals surface area contributed by atoms with Gasteiger partial charge in [0.25, 0.3) is 11.8 Å². The minimum absolute atomic E-state index is 0.0842. The van der Waals surface area contributed by atoms with Crippen LogP contribution in [0.5, 0.6) is 5.75 Å². The standard InChI is InChI=1S/C29H27ClN4O5S/c1-29(2,3)39-28(38)31-18-10-8-16(9-11-18)25(36)33-27-32-21(15-40-27)26(37)34-14-17(13-30)24-20-7-5-4-6-19(20)23(35)12-22(24)34/h4-12,15,17,35H,13-14H2,1-3H3,(H,31,38)(H,32,33,36)/t17-/m1/s1. The molecular weight excluding hydrogens is 552 g/mol. The maximum absolute atomic E-state index is 13.5. The summed E-state index contributed by atoms with van der Waals surface area (Å²) in [5.74, 6) is -0.464. The molecule has 40 heavy (non-hydrogen) atoms. The Bertz CT molecular complexity index is 1610. The summed E-state index contributed by atoms with van der Waals surface area (Å²) in [6.45, 7) is 5.66. The number of ether oxygens (including phenoxy) is 1. The number of thiazole rings is 1. The summed E-state index contributed by atoms with van der Waals surface area (Å²) in [4.78, 5) is 44.1. The molecule has 5 rings (SSSR count). The fourth-order valence-electron chi connectivity index (χ4n) is 4.61. The molecule has 9 nitrogen and oxygen atoms in total. The molecule has 3 N–H and O–H groups in total. The van der Waals surface area contributed by atoms with Crippen LogP contribution in [-0.2, 0) is 4.74 Å². The maximum atomic E-state index is 13.5. The Kier molecular flexibility index (Phi) is 7.39. The lowest BCUT2D eigenvalue weighted by Gasteiger charge is -2.19. The number of hydrogen-bond acceptors (Lipinski definition) is 7. The van der Waals surface area contributed by atoms with Crippen LogP contribution in [0.2, 0.25) is 0 Å². The van der Waals surface area contributed by atoms with Gasteiger partial charge >= 0.3 is 6.09 Å². The van der Waals surface area contributed by atoms with Crippen molar-refractivity contribution in [1.29, 1.82) is 0 Å². The number of aromatic nitrogens is 1. The number of halogens is 1. The second-order valence-corrected chi connectivity index (χ2v) is 11.5. The number of aromatic hydroxyl groups is 1. The average molecular weight is 579 g/mol. The molecule has 0 bridgehead atoms. The van der Waals surface area contributed by atoms with E-state index in [1.165, 1.54) is 0 Å². The van der Waals surface area contributed by atoms with Gasteiger partial charge in [-0.2, -0.15) is 0 Å². The van der Waals surface area contributed by atoms with Crippen molar-refractivity contribution >= 4 is 68.1 Å². The highest BCUT2D eigenvalue weighted by molar-refractivity contribution is 7.14. The molecule has 2 heterocycles. The summed E-state index contributed by atoms with van der Waals surface area (Å²) >= 11 is 7.41. The molecule has 0 spiro atoms. The number of nitrogens with zero attached hydrogens (tertiary/aromatic N) is 2. The third-order valence-electron chi connectivity index (χ3n) is 6.31. The molecule has 4 aromatic rings. The molecule has 11 heteroatoms. The van der Waals surface area contributed by atoms with Crippen LogP contribution in [0, 0.1) is 0 Å². The molecule has 3 aromatic carbocycles. The molecule has 206 valence electrons. The van der Waals surface area contributed by atoms with Gasteiger partial charge in [0.2, 0.25) is 0 Å². The molecule has 3 amide bonds. The zero-order valence-electron chi connectivity index (χ0n) is 22.0. The number of rotatable bonds is 5. The molecule has 1 aromatic heterocycles. The van der Waals surface area contributed by atoms with E-state index in [1.54, 1.807) is 61.4 Å². The van der Waals surface area contributed by atoms with E-state index in [0.29, 0.717) is 34.7 Å². The molecule has 1 atom stereocenters. The minimum atomic E-state index is -0.627. The van der Waals surface area contributed by atoms with Crippen LogP contribution in [0.15, 0.2) is 60.0 Å². The van der Waals surface area contributed by atoms with Gasteiger partial charge in [-0.1, -0.05) is 24.3 Å². The van der Waals surface area contributed by atoms with Crippen molar-refractivity contribution in [2.75, 3.05) is 28.0 Å². The number of phenolic OH excluding ortho intramolecular Hbond substituents is 1. The molecule has 0 fully saturated rings. The molecule has 0 aliphatic carbocycles. The first-order valence-electron chi connectivity index (χ1n) is 12.5. The van der Waals surface area contributed by atoms with Crippen LogP contribution in [0.4, 0.5) is 21.3 Å². The predicted molar refractivity (Wildman–Crippen MR) is 157 cm³/mol. The first-order chi connectivity index (χ1) is 19.0. The van der Waals surface area contributed by atoms with Crippen LogP contribution in [0.1, 0.15) is 53.1 Å². The van der Waals surface area contributed by atoms with Gasteiger partial charge in [-0.05, 0) is 56.0 Å². The Morgan fingerprint density at radius 1 is 1.10 bits per heavy atom. The number of fused-ring (bicyclic) bond motifs is 3. The molecule has 0 unspecified atom stereocenters. The van der Waals surface area contributed by atoms with E-state index < -0.39 is 17.6 Å². The molecule has 1 aliphatic heterocycles. The zero-order valence-corrected chi connectivity index (χ0v) is 23.6. The van der Waals surface area contributed by atoms with Crippen LogP contribution in [0.3, 0.4) is 0 Å². The van der Waals surface area contributed by atoms with E-state index in [9.17, 15) is 19.5 Å². The van der Waals surface area contributed by atoms with Gasteiger partial charge in [-0.15, -0.1) is 22.9 Å². The quantitative estimate of drug-likeness (QED) is 0.230. The molecule has 0 saturated heterocycles. The smallest absolute Gasteiger partial charge is 0.412 e. The number of hydrogen-bond donors (Lipinski definition) is 3. The highest BCUT2D eigenvalue weighted by Gasteiger charge is 2.35. The number of amides is 3. The highest BCUT2D eigenvalue weighted by Crippen LogP contribution is 2.45. The third-order valence-corrected chi connectivity index (χ3v) is 7.44. The second kappa shape index (κ2) is 10.8. The maximum Gasteiger partial charge on any atom is 0.412 e. The highest BCUT2D eigenvalue weighted by atomic mass is 35.5. The van der Waals surface area contributed by atoms with Crippen LogP contribution >= 0.6 is 22.9 Å². The van der Waals surface area contributed by atoms with Gasteiger partial charge in [0, 0.05) is 46.4 Å². The van der Waals surface area contributed by atoms with E-state index in [-0.39, 0.29) is 28.4 Å². The van der Waals surface area contributed by atoms with Crippen LogP contribution < -0.4 is 15.5 Å². The summed E-state index contributed by atoms with van der Waals surface area (Å²) in [5, 5.41) is 19.4. The first-order valence-corrected chi connectivity index (χ1v) is 13.9. The van der Waals surface area contributed by atoms with E-state index in [2.05, 4.69) is 15.6 Å². The van der Waals surface area contributed by atoms with Crippen molar-refractivity contribution in [1.82, 2.24) is 4.98 Å². The van der Waals surface area contributed by atoms with Crippen molar-refractivity contribution < 1.29 is 24.2 Å². The average Bonchev–Trinajstić information content (AvgIpc) is 3.52. The van der Waals surface area contributed by atoms with E-state index >= 15 is 0 Å². The predicted octanol–water partition coefficient (Wildman–Crippen LogP) is 6.58. The monoisotopic (exact) mass is 578 g/mol. The van der Waals surface area contributed by atoms with Gasteiger partial charge in [0.05, 0.1) is 5.69 Å². The second-order valence-electron chi connectivity index (χ2n) is 10.3. The number of nitrogens with one attached hydrogen (secondary N) is 2. The number of carbonyl (C=O) groups is 3. The fraction of sp³-hybridized carbons (Fsp3) is 0.241. The van der Waals surface area contributed by atoms with Gasteiger partial charge in [0.15, 0.2) is 5.13 Å². The topological polar surface area (TPSA) is 121 Å². The molecule has 1 aliphatic rings. The van der Waals surface area contributed by atoms with Crippen molar-refractivity contribution in [3.8, 4) is 5.75 Å². The number of phenols is 1.